The van der Waals surface area contributed by atoms with E-state index in [9.17, 15) is 0 Å². The summed E-state index contributed by atoms with van der Waals surface area (Å²) in [4.78, 5) is 0. The Balaban J connectivity index is 2.39. The summed E-state index contributed by atoms with van der Waals surface area (Å²) in [5, 5.41) is 0. The maximum Gasteiger partial charge on any atom is 0.400 e. The highest BCUT2D eigenvalue weighted by Gasteiger charge is 2.62. The molecule has 1 aromatic rings. The van der Waals surface area contributed by atoms with Crippen molar-refractivity contribution in [1.29, 1.82) is 0 Å². The van der Waals surface area contributed by atoms with Gasteiger partial charge < -0.3 is 18.3 Å². The molecule has 3 unspecified atom stereocenters. The lowest BCUT2D eigenvalue weighted by Gasteiger charge is -2.46. The van der Waals surface area contributed by atoms with Crippen LogP contribution in [0.1, 0.15) is 54.0 Å². The summed E-state index contributed by atoms with van der Waals surface area (Å²) in [7, 11) is -2.83. The van der Waals surface area contributed by atoms with Gasteiger partial charge in [0.1, 0.15) is 0 Å². The molecule has 4 nitrogen and oxygen atoms in total. The topological polar surface area (TPSA) is 36.9 Å². The monoisotopic (exact) mass is 352 g/mol. The Morgan fingerprint density at radius 3 is 2.38 bits per heavy atom. The number of benzene rings is 1. The van der Waals surface area contributed by atoms with E-state index in [2.05, 4.69) is 32.9 Å². The first-order chi connectivity index (χ1) is 11.1. The average molecular weight is 353 g/mol. The van der Waals surface area contributed by atoms with E-state index in [1.165, 1.54) is 0 Å². The smallest absolute Gasteiger partial charge is 0.389 e. The zero-order valence-corrected chi connectivity index (χ0v) is 17.1. The standard InChI is InChI=1S/C19H32O4Si/c1-8-24(22-15(2)3,19(7)20-14-16(4)21-19)23-18(5,6)17-12-10-9-11-13-17/h9-13,15-16H,8,14H2,1-7H3. The molecule has 1 fully saturated rings. The van der Waals surface area contributed by atoms with Gasteiger partial charge in [-0.05, 0) is 53.1 Å². The Kier molecular flexibility index (Phi) is 5.93. The summed E-state index contributed by atoms with van der Waals surface area (Å²) in [6.45, 7) is 14.9. The Morgan fingerprint density at radius 1 is 1.29 bits per heavy atom. The lowest BCUT2D eigenvalue weighted by molar-refractivity contribution is -0.140. The molecule has 5 heteroatoms. The van der Waals surface area contributed by atoms with E-state index in [0.717, 1.165) is 11.6 Å². The molecular weight excluding hydrogens is 320 g/mol. The fraction of sp³-hybridized carbons (Fsp3) is 0.684. The van der Waals surface area contributed by atoms with Gasteiger partial charge in [0, 0.05) is 6.10 Å². The van der Waals surface area contributed by atoms with Crippen LogP contribution >= 0.6 is 0 Å². The number of hydrogen-bond donors (Lipinski definition) is 0. The second kappa shape index (κ2) is 7.26. The predicted octanol–water partition coefficient (Wildman–Crippen LogP) is 4.52. The summed E-state index contributed by atoms with van der Waals surface area (Å²) in [5.74, 6) is 0. The van der Waals surface area contributed by atoms with Gasteiger partial charge in [-0.15, -0.1) is 0 Å². The van der Waals surface area contributed by atoms with Crippen LogP contribution < -0.4 is 0 Å². The van der Waals surface area contributed by atoms with Crippen molar-refractivity contribution in [2.75, 3.05) is 6.61 Å². The minimum atomic E-state index is -2.83. The van der Waals surface area contributed by atoms with Crippen LogP contribution in [0.3, 0.4) is 0 Å². The van der Waals surface area contributed by atoms with Crippen LogP contribution in [0.25, 0.3) is 0 Å². The fourth-order valence-corrected chi connectivity index (χ4v) is 7.11. The van der Waals surface area contributed by atoms with Gasteiger partial charge in [0.05, 0.1) is 18.3 Å². The molecule has 1 aromatic carbocycles. The highest BCUT2D eigenvalue weighted by atomic mass is 28.4. The van der Waals surface area contributed by atoms with E-state index in [1.807, 2.05) is 45.9 Å². The molecule has 1 aliphatic heterocycles. The second-order valence-electron chi connectivity index (χ2n) is 7.44. The zero-order valence-electron chi connectivity index (χ0n) is 16.1. The molecule has 0 aromatic heterocycles. The molecule has 0 aliphatic carbocycles. The molecule has 0 saturated carbocycles. The highest BCUT2D eigenvalue weighted by molar-refractivity contribution is 6.70. The lowest BCUT2D eigenvalue weighted by Crippen LogP contribution is -2.65. The van der Waals surface area contributed by atoms with Crippen molar-refractivity contribution in [2.45, 2.75) is 77.7 Å². The van der Waals surface area contributed by atoms with E-state index in [1.54, 1.807) is 0 Å². The van der Waals surface area contributed by atoms with Gasteiger partial charge in [-0.3, -0.25) is 0 Å². The van der Waals surface area contributed by atoms with Crippen LogP contribution in [0.15, 0.2) is 30.3 Å². The van der Waals surface area contributed by atoms with Crippen molar-refractivity contribution < 1.29 is 18.3 Å². The molecule has 24 heavy (non-hydrogen) atoms. The molecule has 1 saturated heterocycles. The average Bonchev–Trinajstić information content (AvgIpc) is 2.87. The fourth-order valence-electron chi connectivity index (χ4n) is 3.32. The van der Waals surface area contributed by atoms with Gasteiger partial charge in [0.2, 0.25) is 5.41 Å². The van der Waals surface area contributed by atoms with Crippen molar-refractivity contribution >= 4 is 8.56 Å². The lowest BCUT2D eigenvalue weighted by atomic mass is 9.99. The first kappa shape index (κ1) is 19.6. The van der Waals surface area contributed by atoms with E-state index in [-0.39, 0.29) is 12.2 Å². The highest BCUT2D eigenvalue weighted by Crippen LogP contribution is 2.42. The van der Waals surface area contributed by atoms with Gasteiger partial charge in [-0.1, -0.05) is 37.3 Å². The van der Waals surface area contributed by atoms with Crippen molar-refractivity contribution in [2.24, 2.45) is 0 Å². The molecule has 2 rings (SSSR count). The minimum absolute atomic E-state index is 0.0446. The van der Waals surface area contributed by atoms with Crippen LogP contribution in [-0.4, -0.2) is 32.8 Å². The Labute approximate surface area is 147 Å². The van der Waals surface area contributed by atoms with E-state index >= 15 is 0 Å². The van der Waals surface area contributed by atoms with E-state index in [0.29, 0.717) is 6.61 Å². The maximum atomic E-state index is 6.77. The minimum Gasteiger partial charge on any atom is -0.389 e. The predicted molar refractivity (Wildman–Crippen MR) is 97.9 cm³/mol. The number of ether oxygens (including phenoxy) is 2. The molecule has 0 spiro atoms. The molecule has 1 aliphatic rings. The molecular formula is C19H32O4Si. The molecule has 0 amide bonds. The van der Waals surface area contributed by atoms with Gasteiger partial charge >= 0.3 is 8.56 Å². The molecule has 0 bridgehead atoms. The van der Waals surface area contributed by atoms with Crippen molar-refractivity contribution in [1.82, 2.24) is 0 Å². The number of rotatable bonds is 7. The third-order valence-corrected chi connectivity index (χ3v) is 8.76. The van der Waals surface area contributed by atoms with Crippen LogP contribution in [0.5, 0.6) is 0 Å². The van der Waals surface area contributed by atoms with Crippen LogP contribution in [0.4, 0.5) is 0 Å². The molecule has 0 N–H and O–H groups in total. The van der Waals surface area contributed by atoms with Crippen LogP contribution in [-0.2, 0) is 23.9 Å². The summed E-state index contributed by atoms with van der Waals surface area (Å²) >= 11 is 0. The van der Waals surface area contributed by atoms with Crippen molar-refractivity contribution in [3.05, 3.63) is 35.9 Å². The summed E-state index contributed by atoms with van der Waals surface area (Å²) in [5.41, 5.74) is -0.172. The van der Waals surface area contributed by atoms with Gasteiger partial charge in [0.15, 0.2) is 0 Å². The van der Waals surface area contributed by atoms with Gasteiger partial charge in [-0.25, -0.2) is 0 Å². The molecule has 136 valence electrons. The zero-order chi connectivity index (χ0) is 18.0. The maximum absolute atomic E-state index is 6.77. The van der Waals surface area contributed by atoms with Crippen LogP contribution in [0.2, 0.25) is 6.04 Å². The van der Waals surface area contributed by atoms with Crippen LogP contribution in [0, 0.1) is 0 Å². The molecule has 3 atom stereocenters. The third-order valence-electron chi connectivity index (χ3n) is 4.49. The second-order valence-corrected chi connectivity index (χ2v) is 11.0. The first-order valence-electron chi connectivity index (χ1n) is 8.89. The van der Waals surface area contributed by atoms with Crippen molar-refractivity contribution in [3.8, 4) is 0 Å². The largest absolute Gasteiger partial charge is 0.400 e. The third kappa shape index (κ3) is 3.91. The SMILES string of the molecule is CC[Si](OC(C)C)(OC(C)(C)c1ccccc1)C1(C)OCC(C)O1. The quantitative estimate of drug-likeness (QED) is 0.676. The molecule has 1 heterocycles. The molecule has 0 radical (unpaired) electrons. The Hall–Kier alpha value is -0.723. The summed E-state index contributed by atoms with van der Waals surface area (Å²) in [6.07, 6.45) is 0.0933. The normalized spacial score (nSPS) is 27.4. The van der Waals surface area contributed by atoms with E-state index < -0.39 is 19.6 Å². The Morgan fingerprint density at radius 2 is 1.92 bits per heavy atom. The first-order valence-corrected chi connectivity index (χ1v) is 10.9. The van der Waals surface area contributed by atoms with Crippen molar-refractivity contribution in [3.63, 3.8) is 0 Å². The van der Waals surface area contributed by atoms with E-state index in [4.69, 9.17) is 18.3 Å². The summed E-state index contributed by atoms with van der Waals surface area (Å²) < 4.78 is 25.5. The summed E-state index contributed by atoms with van der Waals surface area (Å²) in [6, 6.07) is 11.0. The van der Waals surface area contributed by atoms with Gasteiger partial charge in [-0.2, -0.15) is 0 Å². The Bertz CT molecular complexity index is 533. The van der Waals surface area contributed by atoms with Gasteiger partial charge in [0.25, 0.3) is 0 Å². The number of hydrogen-bond acceptors (Lipinski definition) is 4.